The van der Waals surface area contributed by atoms with E-state index in [1.54, 1.807) is 16.7 Å². The largest absolute Gasteiger partial charge is 0.318 e. The molecule has 0 unspecified atom stereocenters. The van der Waals surface area contributed by atoms with E-state index < -0.39 is 6.04 Å². The van der Waals surface area contributed by atoms with E-state index in [4.69, 9.17) is 0 Å². The third-order valence-corrected chi connectivity index (χ3v) is 6.37. The second-order valence-electron chi connectivity index (χ2n) is 5.73. The second-order valence-corrected chi connectivity index (χ2v) is 8.36. The van der Waals surface area contributed by atoms with Crippen molar-refractivity contribution in [1.29, 1.82) is 0 Å². The molecule has 0 radical (unpaired) electrons. The van der Waals surface area contributed by atoms with Gasteiger partial charge in [0.25, 0.3) is 0 Å². The van der Waals surface area contributed by atoms with E-state index in [1.165, 1.54) is 11.3 Å². The molecule has 6 nitrogen and oxygen atoms in total. The molecule has 1 N–H and O–H groups in total. The van der Waals surface area contributed by atoms with Gasteiger partial charge in [-0.1, -0.05) is 25.2 Å². The molecule has 2 heterocycles. The third-order valence-electron chi connectivity index (χ3n) is 3.97. The smallest absolute Gasteiger partial charge is 0.249 e. The lowest BCUT2D eigenvalue weighted by Gasteiger charge is -2.29. The standard InChI is InChI=1S/C14H22N4O2S2/c1-5-9(6-2)12-16-17-13(22-12)15-11(20)10-7-21-14(3,4)18(10)8-19/h8-10H,5-7H2,1-4H3,(H,15,17,20)/t10-/m0/s1. The Hall–Kier alpha value is -1.15. The summed E-state index contributed by atoms with van der Waals surface area (Å²) in [4.78, 5) is 24.9. The van der Waals surface area contributed by atoms with Crippen molar-refractivity contribution in [2.45, 2.75) is 57.4 Å². The topological polar surface area (TPSA) is 75.2 Å². The molecular weight excluding hydrogens is 320 g/mol. The van der Waals surface area contributed by atoms with Crippen molar-refractivity contribution in [3.05, 3.63) is 5.01 Å². The SMILES string of the molecule is CCC(CC)c1nnc(NC(=O)[C@@H]2CSC(C)(C)N2C=O)s1. The average Bonchev–Trinajstić information content (AvgIpc) is 3.04. The molecule has 0 saturated carbocycles. The first-order chi connectivity index (χ1) is 10.4. The second kappa shape index (κ2) is 6.95. The van der Waals surface area contributed by atoms with Gasteiger partial charge in [0, 0.05) is 11.7 Å². The molecule has 0 aromatic carbocycles. The van der Waals surface area contributed by atoms with Crippen molar-refractivity contribution in [2.24, 2.45) is 0 Å². The van der Waals surface area contributed by atoms with Crippen LogP contribution in [0, 0.1) is 0 Å². The number of hydrogen-bond donors (Lipinski definition) is 1. The Morgan fingerprint density at radius 3 is 2.73 bits per heavy atom. The van der Waals surface area contributed by atoms with E-state index in [2.05, 4.69) is 29.4 Å². The number of hydrogen-bond acceptors (Lipinski definition) is 6. The van der Waals surface area contributed by atoms with Gasteiger partial charge < -0.3 is 4.90 Å². The summed E-state index contributed by atoms with van der Waals surface area (Å²) in [6.07, 6.45) is 2.76. The highest BCUT2D eigenvalue weighted by atomic mass is 32.2. The summed E-state index contributed by atoms with van der Waals surface area (Å²) >= 11 is 3.02. The first kappa shape index (κ1) is 17.2. The molecule has 0 aliphatic carbocycles. The first-order valence-corrected chi connectivity index (χ1v) is 9.25. The summed E-state index contributed by atoms with van der Waals surface area (Å²) in [5, 5.41) is 12.5. The van der Waals surface area contributed by atoms with E-state index >= 15 is 0 Å². The molecule has 8 heteroatoms. The van der Waals surface area contributed by atoms with Crippen LogP contribution in [-0.4, -0.2) is 44.1 Å². The molecule has 1 atom stereocenters. The van der Waals surface area contributed by atoms with Crippen LogP contribution in [0.4, 0.5) is 5.13 Å². The highest BCUT2D eigenvalue weighted by Crippen LogP contribution is 2.38. The highest BCUT2D eigenvalue weighted by Gasteiger charge is 2.43. The van der Waals surface area contributed by atoms with Gasteiger partial charge in [0.1, 0.15) is 11.0 Å². The number of aromatic nitrogens is 2. The molecule has 2 amide bonds. The maximum absolute atomic E-state index is 12.4. The predicted molar refractivity (Wildman–Crippen MR) is 90.1 cm³/mol. The maximum Gasteiger partial charge on any atom is 0.249 e. The Labute approximate surface area is 139 Å². The molecule has 1 aromatic heterocycles. The summed E-state index contributed by atoms with van der Waals surface area (Å²) in [7, 11) is 0. The molecule has 1 aromatic rings. The maximum atomic E-state index is 12.4. The van der Waals surface area contributed by atoms with Crippen LogP contribution < -0.4 is 5.32 Å². The van der Waals surface area contributed by atoms with Crippen LogP contribution in [-0.2, 0) is 9.59 Å². The zero-order valence-corrected chi connectivity index (χ0v) is 15.0. The summed E-state index contributed by atoms with van der Waals surface area (Å²) in [5.41, 5.74) is 0. The summed E-state index contributed by atoms with van der Waals surface area (Å²) in [6, 6.07) is -0.460. The molecule has 1 aliphatic rings. The van der Waals surface area contributed by atoms with Gasteiger partial charge in [-0.3, -0.25) is 14.9 Å². The number of carbonyl (C=O) groups excluding carboxylic acids is 2. The first-order valence-electron chi connectivity index (χ1n) is 7.44. The van der Waals surface area contributed by atoms with Gasteiger partial charge in [0.2, 0.25) is 17.4 Å². The summed E-state index contributed by atoms with van der Waals surface area (Å²) in [5.74, 6) is 0.781. The van der Waals surface area contributed by atoms with E-state index in [9.17, 15) is 9.59 Å². The quantitative estimate of drug-likeness (QED) is 0.805. The lowest BCUT2D eigenvalue weighted by atomic mass is 10.1. The molecule has 2 rings (SSSR count). The lowest BCUT2D eigenvalue weighted by molar-refractivity contribution is -0.130. The number of amides is 2. The third kappa shape index (κ3) is 3.43. The van der Waals surface area contributed by atoms with Crippen LogP contribution in [0.25, 0.3) is 0 Å². The van der Waals surface area contributed by atoms with Gasteiger partial charge in [0.15, 0.2) is 0 Å². The van der Waals surface area contributed by atoms with Gasteiger partial charge >= 0.3 is 0 Å². The van der Waals surface area contributed by atoms with Crippen LogP contribution in [0.15, 0.2) is 0 Å². The van der Waals surface area contributed by atoms with E-state index in [0.29, 0.717) is 16.8 Å². The molecule has 122 valence electrons. The fourth-order valence-corrected chi connectivity index (χ4v) is 4.70. The summed E-state index contributed by atoms with van der Waals surface area (Å²) < 4.78 is 0. The van der Waals surface area contributed by atoms with Gasteiger partial charge in [-0.05, 0) is 26.7 Å². The van der Waals surface area contributed by atoms with Crippen LogP contribution in [0.2, 0.25) is 0 Å². The minimum Gasteiger partial charge on any atom is -0.318 e. The van der Waals surface area contributed by atoms with Crippen molar-refractivity contribution < 1.29 is 9.59 Å². The molecule has 1 aliphatic heterocycles. The van der Waals surface area contributed by atoms with Crippen molar-refractivity contribution in [3.8, 4) is 0 Å². The van der Waals surface area contributed by atoms with Crippen LogP contribution in [0.5, 0.6) is 0 Å². The van der Waals surface area contributed by atoms with Gasteiger partial charge in [-0.15, -0.1) is 22.0 Å². The summed E-state index contributed by atoms with van der Waals surface area (Å²) in [6.45, 7) is 8.12. The van der Waals surface area contributed by atoms with Gasteiger partial charge in [0.05, 0.1) is 4.87 Å². The molecular formula is C14H22N4O2S2. The number of carbonyl (C=O) groups is 2. The van der Waals surface area contributed by atoms with Crippen LogP contribution in [0.3, 0.4) is 0 Å². The van der Waals surface area contributed by atoms with Crippen molar-refractivity contribution in [2.75, 3.05) is 11.1 Å². The molecule has 1 saturated heterocycles. The number of nitrogens with zero attached hydrogens (tertiary/aromatic N) is 3. The van der Waals surface area contributed by atoms with Crippen molar-refractivity contribution in [1.82, 2.24) is 15.1 Å². The minimum atomic E-state index is -0.460. The Morgan fingerprint density at radius 2 is 2.14 bits per heavy atom. The van der Waals surface area contributed by atoms with Crippen molar-refractivity contribution >= 4 is 40.5 Å². The lowest BCUT2D eigenvalue weighted by Crippen LogP contribution is -2.47. The molecule has 0 bridgehead atoms. The van der Waals surface area contributed by atoms with E-state index in [-0.39, 0.29) is 10.8 Å². The fraction of sp³-hybridized carbons (Fsp3) is 0.714. The van der Waals surface area contributed by atoms with E-state index in [1.807, 2.05) is 13.8 Å². The predicted octanol–water partition coefficient (Wildman–Crippen LogP) is 2.69. The number of thioether (sulfide) groups is 1. The number of rotatable bonds is 6. The Balaban J connectivity index is 2.05. The molecule has 22 heavy (non-hydrogen) atoms. The van der Waals surface area contributed by atoms with Crippen LogP contribution in [0.1, 0.15) is 51.5 Å². The zero-order chi connectivity index (χ0) is 16.3. The Kier molecular flexibility index (Phi) is 5.44. The minimum absolute atomic E-state index is 0.197. The van der Waals surface area contributed by atoms with Crippen molar-refractivity contribution in [3.63, 3.8) is 0 Å². The monoisotopic (exact) mass is 342 g/mol. The Bertz CT molecular complexity index is 543. The van der Waals surface area contributed by atoms with E-state index in [0.717, 1.165) is 24.3 Å². The average molecular weight is 342 g/mol. The zero-order valence-electron chi connectivity index (χ0n) is 13.3. The normalized spacial score (nSPS) is 20.4. The molecule has 0 spiro atoms. The van der Waals surface area contributed by atoms with Gasteiger partial charge in [-0.25, -0.2) is 0 Å². The fourth-order valence-electron chi connectivity index (χ4n) is 2.49. The number of nitrogens with one attached hydrogen (secondary N) is 1. The highest BCUT2D eigenvalue weighted by molar-refractivity contribution is 8.00. The Morgan fingerprint density at radius 1 is 1.45 bits per heavy atom. The van der Waals surface area contributed by atoms with Crippen LogP contribution >= 0.6 is 23.1 Å². The van der Waals surface area contributed by atoms with Gasteiger partial charge in [-0.2, -0.15) is 0 Å². The number of anilines is 1. The molecule has 1 fully saturated rings.